The highest BCUT2D eigenvalue weighted by Crippen LogP contribution is 2.44. The summed E-state index contributed by atoms with van der Waals surface area (Å²) in [6, 6.07) is 65.6. The van der Waals surface area contributed by atoms with E-state index in [1.807, 2.05) is 24.3 Å². The van der Waals surface area contributed by atoms with Crippen molar-refractivity contribution in [2.75, 3.05) is 0 Å². The highest BCUT2D eigenvalue weighted by atomic mass is 16.3. The lowest BCUT2D eigenvalue weighted by Gasteiger charge is -2.17. The molecule has 54 heavy (non-hydrogen) atoms. The van der Waals surface area contributed by atoms with Crippen molar-refractivity contribution in [1.82, 2.24) is 0 Å². The van der Waals surface area contributed by atoms with Gasteiger partial charge < -0.3 is 8.83 Å². The Bertz CT molecular complexity index is 3180. The Hall–Kier alpha value is -7.16. The molecular weight excluding hydrogens is 657 g/mol. The van der Waals surface area contributed by atoms with Crippen LogP contribution in [0.1, 0.15) is 0 Å². The van der Waals surface area contributed by atoms with Gasteiger partial charge in [0.25, 0.3) is 0 Å². The molecular formula is C52H30O2. The first-order valence-corrected chi connectivity index (χ1v) is 18.5. The van der Waals surface area contributed by atoms with E-state index in [4.69, 9.17) is 8.83 Å². The fraction of sp³-hybridized carbons (Fsp3) is 0. The van der Waals surface area contributed by atoms with Crippen molar-refractivity contribution < 1.29 is 8.83 Å². The molecule has 12 aromatic rings. The molecule has 0 atom stereocenters. The molecule has 0 amide bonds. The maximum Gasteiger partial charge on any atom is 0.143 e. The Morgan fingerprint density at radius 3 is 1.06 bits per heavy atom. The minimum atomic E-state index is 0.919. The molecule has 0 saturated carbocycles. The summed E-state index contributed by atoms with van der Waals surface area (Å²) in [5.74, 6) is 0. The maximum absolute atomic E-state index is 6.37. The summed E-state index contributed by atoms with van der Waals surface area (Å²) in [6.07, 6.45) is 0. The lowest BCUT2D eigenvalue weighted by Crippen LogP contribution is -1.90. The van der Waals surface area contributed by atoms with E-state index in [1.165, 1.54) is 54.6 Å². The predicted molar refractivity (Wildman–Crippen MR) is 226 cm³/mol. The van der Waals surface area contributed by atoms with Gasteiger partial charge in [0.2, 0.25) is 0 Å². The first-order chi connectivity index (χ1) is 26.8. The summed E-state index contributed by atoms with van der Waals surface area (Å²) < 4.78 is 12.7. The van der Waals surface area contributed by atoms with Crippen molar-refractivity contribution in [2.45, 2.75) is 0 Å². The van der Waals surface area contributed by atoms with E-state index in [2.05, 4.69) is 158 Å². The van der Waals surface area contributed by atoms with Crippen molar-refractivity contribution in [2.24, 2.45) is 0 Å². The third kappa shape index (κ3) is 4.22. The van der Waals surface area contributed by atoms with Crippen molar-refractivity contribution in [3.8, 4) is 44.5 Å². The minimum Gasteiger partial charge on any atom is -0.455 e. The molecule has 12 rings (SSSR count). The molecule has 0 unspecified atom stereocenters. The summed E-state index contributed by atoms with van der Waals surface area (Å²) in [4.78, 5) is 0. The van der Waals surface area contributed by atoms with E-state index in [9.17, 15) is 0 Å². The van der Waals surface area contributed by atoms with Gasteiger partial charge in [0.1, 0.15) is 22.3 Å². The van der Waals surface area contributed by atoms with Gasteiger partial charge in [-0.1, -0.05) is 170 Å². The summed E-state index contributed by atoms with van der Waals surface area (Å²) in [5.41, 5.74) is 13.1. The van der Waals surface area contributed by atoms with Gasteiger partial charge in [-0.15, -0.1) is 0 Å². The van der Waals surface area contributed by atoms with Crippen molar-refractivity contribution >= 4 is 76.2 Å². The molecule has 0 aliphatic carbocycles. The second-order valence-electron chi connectivity index (χ2n) is 14.4. The van der Waals surface area contributed by atoms with Crippen LogP contribution in [0.2, 0.25) is 0 Å². The number of fused-ring (bicyclic) bond motifs is 6. The van der Waals surface area contributed by atoms with Gasteiger partial charge in [0, 0.05) is 32.7 Å². The Balaban J connectivity index is 0.949. The normalized spacial score (nSPS) is 12.1. The zero-order chi connectivity index (χ0) is 35.3. The maximum atomic E-state index is 6.37. The molecule has 2 heterocycles. The topological polar surface area (TPSA) is 26.3 Å². The predicted octanol–water partition coefficient (Wildman–Crippen LogP) is 15.1. The van der Waals surface area contributed by atoms with Crippen LogP contribution in [0.3, 0.4) is 0 Å². The molecule has 0 bridgehead atoms. The average molecular weight is 687 g/mol. The second-order valence-corrected chi connectivity index (χ2v) is 14.4. The first kappa shape index (κ1) is 29.4. The fourth-order valence-electron chi connectivity index (χ4n) is 8.91. The number of furan rings is 2. The van der Waals surface area contributed by atoms with Gasteiger partial charge in [0.15, 0.2) is 0 Å². The lowest BCUT2D eigenvalue weighted by atomic mass is 9.87. The van der Waals surface area contributed by atoms with Crippen LogP contribution in [0.4, 0.5) is 0 Å². The number of hydrogen-bond acceptors (Lipinski definition) is 2. The molecule has 0 radical (unpaired) electrons. The molecule has 0 spiro atoms. The molecule has 2 nitrogen and oxygen atoms in total. The molecule has 0 fully saturated rings. The van der Waals surface area contributed by atoms with Crippen LogP contribution >= 0.6 is 0 Å². The standard InChI is InChI=1S/C52H30O2/c1-3-13-47-41(7-1)45-11-5-9-39(51(45)53-47)33-19-15-31(16-20-33)37-27-25-35-23-24-36-26-28-38(44-30-29-43(37)49(35)50(36)44)32-17-21-34(22-18-32)40-10-6-12-46-42-8-2-4-14-48(42)54-52(40)46/h1-30H. The summed E-state index contributed by atoms with van der Waals surface area (Å²) >= 11 is 0. The second kappa shape index (κ2) is 11.2. The Morgan fingerprint density at radius 2 is 0.611 bits per heavy atom. The van der Waals surface area contributed by atoms with Gasteiger partial charge in [-0.05, 0) is 77.8 Å². The number of benzene rings is 10. The SMILES string of the molecule is c1ccc2c(c1)oc1c(-c3ccc(-c4ccc5ccc6ccc(-c7ccc(-c8cccc9c8oc8ccccc89)cc7)c7ccc4c5c67)cc3)cccc12. The molecule has 0 saturated heterocycles. The molecule has 250 valence electrons. The van der Waals surface area contributed by atoms with Crippen molar-refractivity contribution in [3.05, 3.63) is 182 Å². The van der Waals surface area contributed by atoms with Crippen LogP contribution in [-0.4, -0.2) is 0 Å². The number of para-hydroxylation sites is 4. The summed E-state index contributed by atoms with van der Waals surface area (Å²) in [7, 11) is 0. The molecule has 0 aliphatic rings. The first-order valence-electron chi connectivity index (χ1n) is 18.5. The third-order valence-electron chi connectivity index (χ3n) is 11.5. The third-order valence-corrected chi connectivity index (χ3v) is 11.5. The fourth-order valence-corrected chi connectivity index (χ4v) is 8.91. The lowest BCUT2D eigenvalue weighted by molar-refractivity contribution is 0.669. The van der Waals surface area contributed by atoms with Crippen LogP contribution in [0.15, 0.2) is 191 Å². The monoisotopic (exact) mass is 686 g/mol. The van der Waals surface area contributed by atoms with E-state index >= 15 is 0 Å². The zero-order valence-electron chi connectivity index (χ0n) is 29.1. The molecule has 2 aromatic heterocycles. The van der Waals surface area contributed by atoms with Gasteiger partial charge >= 0.3 is 0 Å². The quantitative estimate of drug-likeness (QED) is 0.172. The molecule has 2 heteroatoms. The van der Waals surface area contributed by atoms with Crippen molar-refractivity contribution in [1.29, 1.82) is 0 Å². The highest BCUT2D eigenvalue weighted by Gasteiger charge is 2.17. The highest BCUT2D eigenvalue weighted by molar-refractivity contribution is 6.27. The zero-order valence-corrected chi connectivity index (χ0v) is 29.1. The van der Waals surface area contributed by atoms with Gasteiger partial charge in [-0.2, -0.15) is 0 Å². The summed E-state index contributed by atoms with van der Waals surface area (Å²) in [6.45, 7) is 0. The molecule has 0 N–H and O–H groups in total. The molecule has 10 aromatic carbocycles. The van der Waals surface area contributed by atoms with Crippen LogP contribution in [0.5, 0.6) is 0 Å². The van der Waals surface area contributed by atoms with E-state index in [-0.39, 0.29) is 0 Å². The van der Waals surface area contributed by atoms with Crippen LogP contribution in [0, 0.1) is 0 Å². The number of hydrogen-bond donors (Lipinski definition) is 0. The Labute approximate surface area is 310 Å². The molecule has 0 aliphatic heterocycles. The van der Waals surface area contributed by atoms with Crippen LogP contribution < -0.4 is 0 Å². The Morgan fingerprint density at radius 1 is 0.241 bits per heavy atom. The van der Waals surface area contributed by atoms with Crippen molar-refractivity contribution in [3.63, 3.8) is 0 Å². The largest absolute Gasteiger partial charge is 0.455 e. The van der Waals surface area contributed by atoms with Crippen LogP contribution in [0.25, 0.3) is 121 Å². The van der Waals surface area contributed by atoms with Gasteiger partial charge in [0.05, 0.1) is 0 Å². The van der Waals surface area contributed by atoms with Gasteiger partial charge in [-0.3, -0.25) is 0 Å². The van der Waals surface area contributed by atoms with E-state index in [1.54, 1.807) is 0 Å². The van der Waals surface area contributed by atoms with E-state index in [0.717, 1.165) is 66.1 Å². The van der Waals surface area contributed by atoms with Gasteiger partial charge in [-0.25, -0.2) is 0 Å². The smallest absolute Gasteiger partial charge is 0.143 e. The Kier molecular flexibility index (Phi) is 6.09. The average Bonchev–Trinajstić information content (AvgIpc) is 3.82. The van der Waals surface area contributed by atoms with E-state index < -0.39 is 0 Å². The van der Waals surface area contributed by atoms with Crippen LogP contribution in [-0.2, 0) is 0 Å². The number of rotatable bonds is 4. The minimum absolute atomic E-state index is 0.919. The summed E-state index contributed by atoms with van der Waals surface area (Å²) in [5, 5.41) is 12.3. The van der Waals surface area contributed by atoms with E-state index in [0.29, 0.717) is 0 Å².